The summed E-state index contributed by atoms with van der Waals surface area (Å²) in [4.78, 5) is 33.9. The average Bonchev–Trinajstić information content (AvgIpc) is 3.82. The summed E-state index contributed by atoms with van der Waals surface area (Å²) in [5, 5.41) is 11.8. The van der Waals surface area contributed by atoms with Crippen molar-refractivity contribution in [3.8, 4) is 23.1 Å². The molecule has 3 fully saturated rings. The maximum atomic E-state index is 16.9. The number of ether oxygens (including phenoxy) is 1. The second kappa shape index (κ2) is 15.1. The molecular weight excluding hydrogens is 714 g/mol. The van der Waals surface area contributed by atoms with Crippen molar-refractivity contribution in [1.29, 1.82) is 5.26 Å². The Kier molecular flexibility index (Phi) is 10.5. The van der Waals surface area contributed by atoms with Crippen molar-refractivity contribution in [2.75, 3.05) is 13.7 Å². The van der Waals surface area contributed by atoms with Gasteiger partial charge in [0, 0.05) is 76.0 Å². The zero-order valence-corrected chi connectivity index (χ0v) is 31.6. The van der Waals surface area contributed by atoms with Crippen molar-refractivity contribution in [2.24, 2.45) is 17.6 Å². The largest absolute Gasteiger partial charge is 0.482 e. The third-order valence-corrected chi connectivity index (χ3v) is 12.0. The average molecular weight is 758 g/mol. The highest BCUT2D eigenvalue weighted by molar-refractivity contribution is 6.43. The van der Waals surface area contributed by atoms with E-state index in [-0.39, 0.29) is 52.3 Å². The number of halogens is 3. The van der Waals surface area contributed by atoms with Crippen molar-refractivity contribution in [2.45, 2.75) is 83.3 Å². The molecule has 2 saturated carbocycles. The first-order chi connectivity index (χ1) is 25.6. The molecule has 2 aromatic carbocycles. The van der Waals surface area contributed by atoms with Crippen LogP contribution in [0.25, 0.3) is 32.9 Å². The van der Waals surface area contributed by atoms with E-state index in [0.717, 1.165) is 60.8 Å². The van der Waals surface area contributed by atoms with Gasteiger partial charge in [0.15, 0.2) is 17.1 Å². The number of H-pyrrole nitrogens is 1. The molecule has 1 saturated heterocycles. The van der Waals surface area contributed by atoms with Gasteiger partial charge in [0.05, 0.1) is 34.8 Å². The van der Waals surface area contributed by atoms with Gasteiger partial charge in [-0.3, -0.25) is 9.59 Å². The number of pyridine rings is 2. The number of methoxy groups -OCH3 is 1. The summed E-state index contributed by atoms with van der Waals surface area (Å²) in [6.45, 7) is 4.65. The minimum absolute atomic E-state index is 0.0496. The van der Waals surface area contributed by atoms with Crippen LogP contribution < -0.4 is 15.9 Å². The van der Waals surface area contributed by atoms with Crippen molar-refractivity contribution >= 4 is 50.9 Å². The number of hydrogen-bond acceptors (Lipinski definition) is 6. The molecule has 3 aromatic heterocycles. The second-order valence-electron chi connectivity index (χ2n) is 14.5. The maximum absolute atomic E-state index is 16.9. The first-order valence-corrected chi connectivity index (χ1v) is 19.1. The minimum Gasteiger partial charge on any atom is -0.482 e. The van der Waals surface area contributed by atoms with E-state index in [1.54, 1.807) is 24.4 Å². The number of benzene rings is 2. The summed E-state index contributed by atoms with van der Waals surface area (Å²) in [7, 11) is 1.51. The van der Waals surface area contributed by atoms with Crippen LogP contribution in [0.15, 0.2) is 53.5 Å². The molecule has 9 nitrogen and oxygen atoms in total. The van der Waals surface area contributed by atoms with E-state index in [4.69, 9.17) is 38.7 Å². The minimum atomic E-state index is -0.470. The first-order valence-electron chi connectivity index (χ1n) is 18.3. The molecule has 3 N–H and O–H groups in total. The number of carbonyl (C=O) groups is 1. The van der Waals surface area contributed by atoms with Gasteiger partial charge in [0.1, 0.15) is 5.52 Å². The van der Waals surface area contributed by atoms with Crippen molar-refractivity contribution in [3.05, 3.63) is 91.7 Å². The van der Waals surface area contributed by atoms with Crippen molar-refractivity contribution in [3.63, 3.8) is 0 Å². The number of rotatable bonds is 8. The Morgan fingerprint density at radius 2 is 1.91 bits per heavy atom. The fraction of sp³-hybridized carbons (Fsp3) is 0.415. The van der Waals surface area contributed by atoms with Gasteiger partial charge in [-0.15, -0.1) is 0 Å². The van der Waals surface area contributed by atoms with Crippen LogP contribution in [0.2, 0.25) is 10.0 Å². The number of nitriles is 1. The fourth-order valence-electron chi connectivity index (χ4n) is 8.19. The molecule has 276 valence electrons. The highest BCUT2D eigenvalue weighted by Gasteiger charge is 2.44. The van der Waals surface area contributed by atoms with E-state index in [1.165, 1.54) is 19.2 Å². The number of aromatic amines is 1. The quantitative estimate of drug-likeness (QED) is 0.163. The zero-order valence-electron chi connectivity index (χ0n) is 30.1. The van der Waals surface area contributed by atoms with Gasteiger partial charge in [0.25, 0.3) is 0 Å². The number of fused-ring (bicyclic) bond motifs is 3. The molecule has 3 unspecified atom stereocenters. The monoisotopic (exact) mass is 756 g/mol. The molecule has 1 aliphatic heterocycles. The van der Waals surface area contributed by atoms with E-state index in [2.05, 4.69) is 33.5 Å². The molecule has 53 heavy (non-hydrogen) atoms. The molecule has 0 spiro atoms. The smallest absolute Gasteiger partial charge is 0.226 e. The summed E-state index contributed by atoms with van der Waals surface area (Å²) < 4.78 is 24.1. The van der Waals surface area contributed by atoms with Gasteiger partial charge in [-0.1, -0.05) is 35.3 Å². The van der Waals surface area contributed by atoms with Crippen LogP contribution in [-0.4, -0.2) is 45.0 Å². The third kappa shape index (κ3) is 6.80. The molecule has 8 rings (SSSR count). The van der Waals surface area contributed by atoms with Gasteiger partial charge >= 0.3 is 0 Å². The van der Waals surface area contributed by atoms with E-state index in [0.29, 0.717) is 51.9 Å². The van der Waals surface area contributed by atoms with Gasteiger partial charge in [0.2, 0.25) is 5.91 Å². The molecule has 1 amide bonds. The van der Waals surface area contributed by atoms with Gasteiger partial charge in [-0.05, 0) is 95.0 Å². The molecule has 4 heterocycles. The summed E-state index contributed by atoms with van der Waals surface area (Å²) in [5.41, 5.74) is 10.8. The summed E-state index contributed by atoms with van der Waals surface area (Å²) in [5.74, 6) is 0.708. The SMILES string of the molecule is COc1cc(=O)cc[nH]1.Cc1nc2c(F)c(-c3cccc(Cl)c3Cl)c(CCC#N)cc2c2c1cc(C1CCC(C)N1C(=O)C1CC1)n2C1CC[C@@H]1CN. The number of carbonyl (C=O) groups excluding carboxylic acids is 1. The molecular formula is C41H43Cl2FN6O3. The molecule has 5 aromatic rings. The molecule has 0 bridgehead atoms. The number of likely N-dealkylation sites (tertiary alicyclic amines) is 1. The predicted octanol–water partition coefficient (Wildman–Crippen LogP) is 8.82. The van der Waals surface area contributed by atoms with E-state index >= 15 is 4.39 Å². The Morgan fingerprint density at radius 3 is 2.55 bits per heavy atom. The first kappa shape index (κ1) is 36.9. The van der Waals surface area contributed by atoms with E-state index in [1.807, 2.05) is 13.0 Å². The standard InChI is InChI=1S/C35H36Cl2FN5O.C6H7NO2/c1-18-8-12-28(42(18)35(44)20-9-10-20)29-16-24-19(2)41-33-25(34(24)43(29)27-13-11-22(27)17-40)15-21(5-4-14-39)30(32(33)38)23-6-3-7-26(36)31(23)37;1-9-6-4-5(8)2-3-7-6/h3,6-7,15-16,18,20,22,27-28H,4-5,8-13,17,40H2,1-2H3;2-4H,1H3,(H,7,8)/t18?,22-,27?,28?;/m1./s1. The Morgan fingerprint density at radius 1 is 1.11 bits per heavy atom. The summed E-state index contributed by atoms with van der Waals surface area (Å²) >= 11 is 13.0. The van der Waals surface area contributed by atoms with Crippen LogP contribution in [0, 0.1) is 35.9 Å². The second-order valence-corrected chi connectivity index (χ2v) is 15.3. The number of nitrogens with one attached hydrogen (secondary N) is 1. The molecule has 12 heteroatoms. The van der Waals surface area contributed by atoms with E-state index in [9.17, 15) is 14.9 Å². The lowest BCUT2D eigenvalue weighted by atomic mass is 9.79. The van der Waals surface area contributed by atoms with Gasteiger partial charge in [-0.25, -0.2) is 9.37 Å². The molecule has 4 atom stereocenters. The lowest BCUT2D eigenvalue weighted by Crippen LogP contribution is -2.39. The number of nitrogens with two attached hydrogens (primary N) is 1. The van der Waals surface area contributed by atoms with Crippen LogP contribution in [0.4, 0.5) is 4.39 Å². The zero-order chi connectivity index (χ0) is 37.6. The molecule has 2 aliphatic carbocycles. The fourth-order valence-corrected chi connectivity index (χ4v) is 8.59. The number of hydrogen-bond donors (Lipinski definition) is 2. The highest BCUT2D eigenvalue weighted by atomic mass is 35.5. The van der Waals surface area contributed by atoms with E-state index < -0.39 is 5.82 Å². The van der Waals surface area contributed by atoms with Crippen molar-refractivity contribution < 1.29 is 13.9 Å². The van der Waals surface area contributed by atoms with Gasteiger partial charge < -0.3 is 24.9 Å². The number of amides is 1. The van der Waals surface area contributed by atoms with Crippen LogP contribution >= 0.6 is 23.2 Å². The number of nitrogens with zero attached hydrogens (tertiary/aromatic N) is 4. The third-order valence-electron chi connectivity index (χ3n) is 11.2. The van der Waals surface area contributed by atoms with Gasteiger partial charge in [-0.2, -0.15) is 5.26 Å². The molecule has 3 aliphatic rings. The number of aryl methyl sites for hydroxylation is 2. The van der Waals surface area contributed by atoms with Crippen LogP contribution in [0.5, 0.6) is 5.88 Å². The Bertz CT molecular complexity index is 2310. The van der Waals surface area contributed by atoms with Crippen LogP contribution in [-0.2, 0) is 11.2 Å². The Hall–Kier alpha value is -4.43. The Labute approximate surface area is 317 Å². The summed E-state index contributed by atoms with van der Waals surface area (Å²) in [6.07, 6.45) is 7.89. The normalized spacial score (nSPS) is 20.9. The van der Waals surface area contributed by atoms with Crippen LogP contribution in [0.1, 0.15) is 80.9 Å². The predicted molar refractivity (Wildman–Crippen MR) is 207 cm³/mol. The Balaban J connectivity index is 0.000000425. The topological polar surface area (TPSA) is 130 Å². The van der Waals surface area contributed by atoms with Crippen LogP contribution in [0.3, 0.4) is 0 Å². The number of aromatic nitrogens is 3. The maximum Gasteiger partial charge on any atom is 0.226 e. The lowest BCUT2D eigenvalue weighted by Gasteiger charge is -2.40. The highest BCUT2D eigenvalue weighted by Crippen LogP contribution is 2.49. The van der Waals surface area contributed by atoms with Crippen molar-refractivity contribution in [1.82, 2.24) is 19.4 Å². The molecule has 0 radical (unpaired) electrons. The lowest BCUT2D eigenvalue weighted by molar-refractivity contribution is -0.135. The summed E-state index contributed by atoms with van der Waals surface area (Å²) in [6, 6.07) is 14.7.